The molecule has 0 spiro atoms. The van der Waals surface area contributed by atoms with Crippen molar-refractivity contribution in [3.05, 3.63) is 0 Å². The summed E-state index contributed by atoms with van der Waals surface area (Å²) >= 11 is 0. The number of fused-ring (bicyclic) bond motifs is 2. The highest BCUT2D eigenvalue weighted by atomic mass is 35.5. The number of halogens is 1. The molecule has 2 nitrogen and oxygen atoms in total. The van der Waals surface area contributed by atoms with Crippen molar-refractivity contribution in [2.24, 2.45) is 22.6 Å². The van der Waals surface area contributed by atoms with Gasteiger partial charge in [-0.2, -0.15) is 0 Å². The first kappa shape index (κ1) is 9.85. The van der Waals surface area contributed by atoms with Gasteiger partial charge in [0.15, 0.2) is 0 Å². The molecule has 1 saturated carbocycles. The van der Waals surface area contributed by atoms with Crippen LogP contribution in [-0.4, -0.2) is 11.9 Å². The van der Waals surface area contributed by atoms with E-state index in [2.05, 4.69) is 11.9 Å². The second-order valence-electron chi connectivity index (χ2n) is 4.03. The molecule has 2 aliphatic rings. The van der Waals surface area contributed by atoms with Gasteiger partial charge in [0.25, 0.3) is 0 Å². The first-order valence-corrected chi connectivity index (χ1v) is 4.58. The Morgan fingerprint density at radius 2 is 2.17 bits per heavy atom. The van der Waals surface area contributed by atoms with Crippen LogP contribution in [0.25, 0.3) is 0 Å². The van der Waals surface area contributed by atoms with E-state index in [9.17, 15) is 0 Å². The zero-order valence-electron chi connectivity index (χ0n) is 7.49. The van der Waals surface area contributed by atoms with Gasteiger partial charge in [-0.25, -0.2) is 0 Å². The van der Waals surface area contributed by atoms with Crippen LogP contribution in [0.15, 0.2) is 4.99 Å². The van der Waals surface area contributed by atoms with E-state index in [1.807, 2.05) is 0 Å². The Morgan fingerprint density at radius 3 is 2.92 bits per heavy atom. The number of hydrogen-bond donors (Lipinski definition) is 1. The number of rotatable bonds is 0. The first-order valence-electron chi connectivity index (χ1n) is 4.58. The van der Waals surface area contributed by atoms with Crippen molar-refractivity contribution in [3.63, 3.8) is 0 Å². The number of nitrogens with two attached hydrogens (primary N) is 1. The Hall–Kier alpha value is -0.240. The van der Waals surface area contributed by atoms with E-state index in [4.69, 9.17) is 5.73 Å². The monoisotopic (exact) mass is 188 g/mol. The van der Waals surface area contributed by atoms with Gasteiger partial charge in [-0.1, -0.05) is 6.92 Å². The molecule has 1 aliphatic carbocycles. The number of amidine groups is 1. The third-order valence-corrected chi connectivity index (χ3v) is 3.13. The van der Waals surface area contributed by atoms with E-state index < -0.39 is 0 Å². The molecule has 2 rings (SSSR count). The predicted molar refractivity (Wildman–Crippen MR) is 53.8 cm³/mol. The molecule has 70 valence electrons. The van der Waals surface area contributed by atoms with Crippen molar-refractivity contribution < 1.29 is 0 Å². The van der Waals surface area contributed by atoms with E-state index in [0.717, 1.165) is 24.1 Å². The minimum atomic E-state index is 0. The van der Waals surface area contributed by atoms with E-state index in [-0.39, 0.29) is 12.4 Å². The van der Waals surface area contributed by atoms with Gasteiger partial charge in [0.1, 0.15) is 0 Å². The number of nitrogens with zero attached hydrogens (tertiary/aromatic N) is 1. The SMILES string of the molecule is C[C@H]1CC(N)=N[C@@H]2CC[C@@H]1C2.Cl. The van der Waals surface area contributed by atoms with Gasteiger partial charge in [0.2, 0.25) is 0 Å². The maximum absolute atomic E-state index is 5.76. The van der Waals surface area contributed by atoms with Gasteiger partial charge < -0.3 is 5.73 Å². The Kier molecular flexibility index (Phi) is 2.99. The molecule has 0 aromatic carbocycles. The molecule has 0 aromatic heterocycles. The highest BCUT2D eigenvalue weighted by Gasteiger charge is 2.31. The molecule has 1 fully saturated rings. The Bertz CT molecular complexity index is 191. The minimum absolute atomic E-state index is 0. The zero-order chi connectivity index (χ0) is 7.84. The minimum Gasteiger partial charge on any atom is -0.387 e. The Morgan fingerprint density at radius 1 is 1.42 bits per heavy atom. The summed E-state index contributed by atoms with van der Waals surface area (Å²) in [4.78, 5) is 4.48. The fraction of sp³-hybridized carbons (Fsp3) is 0.889. The molecule has 3 atom stereocenters. The smallest absolute Gasteiger partial charge is 0.0943 e. The van der Waals surface area contributed by atoms with Gasteiger partial charge in [0.05, 0.1) is 11.9 Å². The summed E-state index contributed by atoms with van der Waals surface area (Å²) in [6, 6.07) is 0.574. The van der Waals surface area contributed by atoms with Crippen LogP contribution >= 0.6 is 12.4 Å². The van der Waals surface area contributed by atoms with Crippen molar-refractivity contribution >= 4 is 18.2 Å². The summed E-state index contributed by atoms with van der Waals surface area (Å²) in [5, 5.41) is 0. The van der Waals surface area contributed by atoms with Crippen molar-refractivity contribution in [2.75, 3.05) is 0 Å². The molecule has 0 unspecified atom stereocenters. The molecule has 3 heteroatoms. The van der Waals surface area contributed by atoms with Crippen LogP contribution in [0.5, 0.6) is 0 Å². The summed E-state index contributed by atoms with van der Waals surface area (Å²) in [5.74, 6) is 2.57. The summed E-state index contributed by atoms with van der Waals surface area (Å²) in [6.45, 7) is 2.31. The highest BCUT2D eigenvalue weighted by molar-refractivity contribution is 5.85. The van der Waals surface area contributed by atoms with Crippen molar-refractivity contribution in [3.8, 4) is 0 Å². The van der Waals surface area contributed by atoms with E-state index in [1.165, 1.54) is 19.3 Å². The molecule has 1 aliphatic heterocycles. The standard InChI is InChI=1S/C9H16N2.ClH/c1-6-4-9(10)11-8-3-2-7(6)5-8;/h6-8H,2-5H2,1H3,(H2,10,11);1H/t6-,7+,8+;/m0./s1. The fourth-order valence-electron chi connectivity index (χ4n) is 2.41. The molecule has 2 N–H and O–H groups in total. The van der Waals surface area contributed by atoms with Crippen molar-refractivity contribution in [2.45, 2.75) is 38.6 Å². The lowest BCUT2D eigenvalue weighted by Gasteiger charge is -2.16. The Labute approximate surface area is 80.0 Å². The van der Waals surface area contributed by atoms with Gasteiger partial charge in [-0.05, 0) is 31.1 Å². The van der Waals surface area contributed by atoms with E-state index in [1.54, 1.807) is 0 Å². The lowest BCUT2D eigenvalue weighted by Crippen LogP contribution is -2.18. The quantitative estimate of drug-likeness (QED) is 0.621. The normalized spacial score (nSPS) is 39.8. The molecule has 0 amide bonds. The molecule has 0 saturated heterocycles. The van der Waals surface area contributed by atoms with Crippen LogP contribution in [0, 0.1) is 11.8 Å². The maximum atomic E-state index is 5.76. The lowest BCUT2D eigenvalue weighted by atomic mass is 9.90. The summed E-state index contributed by atoms with van der Waals surface area (Å²) in [6.07, 6.45) is 4.97. The van der Waals surface area contributed by atoms with E-state index in [0.29, 0.717) is 6.04 Å². The molecule has 0 radical (unpaired) electrons. The van der Waals surface area contributed by atoms with Gasteiger partial charge in [-0.15, -0.1) is 12.4 Å². The third kappa shape index (κ3) is 1.74. The second-order valence-corrected chi connectivity index (χ2v) is 4.03. The molecule has 0 aromatic rings. The second kappa shape index (κ2) is 3.65. The fourth-order valence-corrected chi connectivity index (χ4v) is 2.41. The highest BCUT2D eigenvalue weighted by Crippen LogP contribution is 2.36. The van der Waals surface area contributed by atoms with Gasteiger partial charge >= 0.3 is 0 Å². The largest absolute Gasteiger partial charge is 0.387 e. The van der Waals surface area contributed by atoms with Crippen LogP contribution in [0.4, 0.5) is 0 Å². The van der Waals surface area contributed by atoms with E-state index >= 15 is 0 Å². The van der Waals surface area contributed by atoms with Crippen LogP contribution in [-0.2, 0) is 0 Å². The van der Waals surface area contributed by atoms with Crippen LogP contribution in [0.1, 0.15) is 32.6 Å². The van der Waals surface area contributed by atoms with Gasteiger partial charge in [-0.3, -0.25) is 4.99 Å². The average molecular weight is 189 g/mol. The topological polar surface area (TPSA) is 38.4 Å². The Balaban J connectivity index is 0.000000720. The molecule has 12 heavy (non-hydrogen) atoms. The lowest BCUT2D eigenvalue weighted by molar-refractivity contribution is 0.379. The molecule has 1 heterocycles. The van der Waals surface area contributed by atoms with Crippen LogP contribution in [0.3, 0.4) is 0 Å². The summed E-state index contributed by atoms with van der Waals surface area (Å²) < 4.78 is 0. The molecular weight excluding hydrogens is 172 g/mol. The van der Waals surface area contributed by atoms with Crippen LogP contribution < -0.4 is 5.73 Å². The van der Waals surface area contributed by atoms with Crippen molar-refractivity contribution in [1.29, 1.82) is 0 Å². The number of aliphatic imine (C=N–C) groups is 1. The third-order valence-electron chi connectivity index (χ3n) is 3.13. The molecule has 2 bridgehead atoms. The predicted octanol–water partition coefficient (Wildman–Crippen LogP) is 1.97. The maximum Gasteiger partial charge on any atom is 0.0943 e. The average Bonchev–Trinajstić information content (AvgIpc) is 2.29. The summed E-state index contributed by atoms with van der Waals surface area (Å²) in [7, 11) is 0. The van der Waals surface area contributed by atoms with Crippen LogP contribution in [0.2, 0.25) is 0 Å². The first-order chi connectivity index (χ1) is 5.25. The molecular formula is C9H17ClN2. The van der Waals surface area contributed by atoms with Gasteiger partial charge in [0, 0.05) is 6.42 Å². The van der Waals surface area contributed by atoms with Crippen molar-refractivity contribution in [1.82, 2.24) is 0 Å². The zero-order valence-corrected chi connectivity index (χ0v) is 8.31. The summed E-state index contributed by atoms with van der Waals surface area (Å²) in [5.41, 5.74) is 5.76. The number of hydrogen-bond acceptors (Lipinski definition) is 2.